The van der Waals surface area contributed by atoms with E-state index in [2.05, 4.69) is 39.7 Å². The fourth-order valence-electron chi connectivity index (χ4n) is 1.07. The van der Waals surface area contributed by atoms with Gasteiger partial charge in [-0.3, -0.25) is 0 Å². The van der Waals surface area contributed by atoms with Crippen LogP contribution in [0.2, 0.25) is 19.6 Å². The second-order valence-electron chi connectivity index (χ2n) is 4.44. The van der Waals surface area contributed by atoms with E-state index >= 15 is 0 Å². The van der Waals surface area contributed by atoms with Crippen molar-refractivity contribution in [3.63, 3.8) is 0 Å². The molecule has 0 aromatic carbocycles. The largest absolute Gasteiger partial charge is 0.0996 e. The Morgan fingerprint density at radius 1 is 1.17 bits per heavy atom. The summed E-state index contributed by atoms with van der Waals surface area (Å²) in [5.74, 6) is 0. The van der Waals surface area contributed by atoms with Crippen molar-refractivity contribution >= 4 is 8.07 Å². The van der Waals surface area contributed by atoms with Gasteiger partial charge in [0.2, 0.25) is 0 Å². The summed E-state index contributed by atoms with van der Waals surface area (Å²) in [7, 11) is -1.17. The van der Waals surface area contributed by atoms with Crippen LogP contribution in [-0.2, 0) is 0 Å². The van der Waals surface area contributed by atoms with Crippen LogP contribution >= 0.6 is 0 Å². The first-order valence-electron chi connectivity index (χ1n) is 4.77. The molecule has 0 amide bonds. The van der Waals surface area contributed by atoms with E-state index in [4.69, 9.17) is 0 Å². The molecule has 0 radical (unpaired) electrons. The number of unbranched alkanes of at least 4 members (excludes halogenated alkanes) is 1. The lowest BCUT2D eigenvalue weighted by Gasteiger charge is -2.21. The fraction of sp³-hybridized carbons (Fsp3) is 0.636. The molecule has 0 unspecified atom stereocenters. The molecule has 12 heavy (non-hydrogen) atoms. The van der Waals surface area contributed by atoms with Crippen molar-refractivity contribution in [3.8, 4) is 0 Å². The van der Waals surface area contributed by atoms with Gasteiger partial charge in [0.05, 0.1) is 8.07 Å². The summed E-state index contributed by atoms with van der Waals surface area (Å²) in [6, 6.07) is 0. The van der Waals surface area contributed by atoms with Crippen LogP contribution in [0, 0.1) is 0 Å². The van der Waals surface area contributed by atoms with Crippen molar-refractivity contribution in [2.75, 3.05) is 0 Å². The zero-order valence-electron chi connectivity index (χ0n) is 9.04. The zero-order chi connectivity index (χ0) is 9.78. The summed E-state index contributed by atoms with van der Waals surface area (Å²) in [5.41, 5.74) is 1.29. The molecule has 0 saturated heterocycles. The molecule has 0 bridgehead atoms. The molecular weight excluding hydrogens is 160 g/mol. The predicted molar refractivity (Wildman–Crippen MR) is 61.2 cm³/mol. The van der Waals surface area contributed by atoms with E-state index in [1.807, 2.05) is 0 Å². The summed E-state index contributed by atoms with van der Waals surface area (Å²) in [5, 5.41) is 1.34. The second kappa shape index (κ2) is 4.66. The summed E-state index contributed by atoms with van der Waals surface area (Å²) in [4.78, 5) is 0. The maximum absolute atomic E-state index is 4.14. The minimum atomic E-state index is -1.17. The third-order valence-electron chi connectivity index (χ3n) is 2.16. The average Bonchev–Trinajstić information content (AvgIpc) is 1.97. The van der Waals surface area contributed by atoms with Gasteiger partial charge < -0.3 is 0 Å². The quantitative estimate of drug-likeness (QED) is 0.442. The van der Waals surface area contributed by atoms with Gasteiger partial charge in [-0.1, -0.05) is 56.9 Å². The molecule has 0 aromatic rings. The molecule has 0 fully saturated rings. The van der Waals surface area contributed by atoms with E-state index in [0.29, 0.717) is 0 Å². The summed E-state index contributed by atoms with van der Waals surface area (Å²) >= 11 is 0. The third kappa shape index (κ3) is 3.91. The molecule has 0 aliphatic heterocycles. The van der Waals surface area contributed by atoms with Crippen LogP contribution in [0.5, 0.6) is 0 Å². The van der Waals surface area contributed by atoms with Gasteiger partial charge in [0.15, 0.2) is 0 Å². The molecule has 0 aliphatic carbocycles. The molecule has 0 aromatic heterocycles. The number of rotatable bonds is 5. The van der Waals surface area contributed by atoms with Gasteiger partial charge in [-0.25, -0.2) is 0 Å². The highest BCUT2D eigenvalue weighted by atomic mass is 28.3. The smallest absolute Gasteiger partial charge is 0.0771 e. The maximum Gasteiger partial charge on any atom is 0.0771 e. The Morgan fingerprint density at radius 3 is 2.00 bits per heavy atom. The highest BCUT2D eigenvalue weighted by Gasteiger charge is 2.18. The summed E-state index contributed by atoms with van der Waals surface area (Å²) < 4.78 is 0. The normalized spacial score (nSPS) is 11.3. The number of allylic oxidation sites excluding steroid dienone is 2. The molecule has 70 valence electrons. The minimum absolute atomic E-state index is 1.14. The van der Waals surface area contributed by atoms with Crippen molar-refractivity contribution in [1.82, 2.24) is 0 Å². The number of hydrogen-bond donors (Lipinski definition) is 0. The van der Waals surface area contributed by atoms with Gasteiger partial charge in [-0.15, -0.1) is 0 Å². The Labute approximate surface area is 78.4 Å². The fourth-order valence-corrected chi connectivity index (χ4v) is 2.26. The molecule has 1 heteroatoms. The van der Waals surface area contributed by atoms with Gasteiger partial charge in [0, 0.05) is 0 Å². The Balaban J connectivity index is 4.04. The molecule has 0 spiro atoms. The van der Waals surface area contributed by atoms with Gasteiger partial charge in [-0.2, -0.15) is 0 Å². The Hall–Kier alpha value is -0.303. The van der Waals surface area contributed by atoms with Gasteiger partial charge in [-0.05, 0) is 12.8 Å². The average molecular weight is 182 g/mol. The first kappa shape index (κ1) is 11.7. The van der Waals surface area contributed by atoms with Crippen LogP contribution in [0.1, 0.15) is 26.2 Å². The van der Waals surface area contributed by atoms with Gasteiger partial charge in [0.25, 0.3) is 0 Å². The van der Waals surface area contributed by atoms with E-state index in [9.17, 15) is 0 Å². The molecular formula is C11H22Si. The predicted octanol–water partition coefficient (Wildman–Crippen LogP) is 4.17. The molecule has 0 rings (SSSR count). The molecule has 0 aliphatic rings. The van der Waals surface area contributed by atoms with Crippen molar-refractivity contribution in [2.45, 2.75) is 45.8 Å². The minimum Gasteiger partial charge on any atom is -0.0996 e. The summed E-state index contributed by atoms with van der Waals surface area (Å²) in [6.07, 6.45) is 3.64. The van der Waals surface area contributed by atoms with Crippen molar-refractivity contribution < 1.29 is 0 Å². The summed E-state index contributed by atoms with van der Waals surface area (Å²) in [6.45, 7) is 17.4. The van der Waals surface area contributed by atoms with Gasteiger partial charge in [0.1, 0.15) is 0 Å². The Kier molecular flexibility index (Phi) is 4.54. The SMILES string of the molecule is C=C(CCCC)C(=C)[Si](C)(C)C. The van der Waals surface area contributed by atoms with Crippen molar-refractivity contribution in [1.29, 1.82) is 0 Å². The van der Waals surface area contributed by atoms with E-state index in [1.54, 1.807) is 0 Å². The Bertz CT molecular complexity index is 172. The lowest BCUT2D eigenvalue weighted by molar-refractivity contribution is 0.797. The first-order chi connectivity index (χ1) is 5.39. The lowest BCUT2D eigenvalue weighted by Crippen LogP contribution is -2.24. The second-order valence-corrected chi connectivity index (χ2v) is 9.54. The van der Waals surface area contributed by atoms with Crippen LogP contribution in [0.25, 0.3) is 0 Å². The van der Waals surface area contributed by atoms with Crippen molar-refractivity contribution in [3.05, 3.63) is 23.9 Å². The first-order valence-corrected chi connectivity index (χ1v) is 8.27. The van der Waals surface area contributed by atoms with Crippen LogP contribution in [0.3, 0.4) is 0 Å². The van der Waals surface area contributed by atoms with E-state index < -0.39 is 8.07 Å². The Morgan fingerprint density at radius 2 is 1.67 bits per heavy atom. The highest BCUT2D eigenvalue weighted by molar-refractivity contribution is 6.83. The number of hydrogen-bond acceptors (Lipinski definition) is 0. The molecule has 0 saturated carbocycles. The molecule has 0 nitrogen and oxygen atoms in total. The van der Waals surface area contributed by atoms with Crippen molar-refractivity contribution in [2.24, 2.45) is 0 Å². The lowest BCUT2D eigenvalue weighted by atomic mass is 10.1. The topological polar surface area (TPSA) is 0 Å². The van der Waals surface area contributed by atoms with Gasteiger partial charge >= 0.3 is 0 Å². The van der Waals surface area contributed by atoms with Crippen LogP contribution in [0.15, 0.2) is 23.9 Å². The van der Waals surface area contributed by atoms with E-state index in [0.717, 1.165) is 6.42 Å². The monoisotopic (exact) mass is 182 g/mol. The van der Waals surface area contributed by atoms with Crippen LogP contribution in [-0.4, -0.2) is 8.07 Å². The molecule has 0 atom stereocenters. The maximum atomic E-state index is 4.14. The standard InChI is InChI=1S/C11H22Si/c1-7-8-9-10(2)11(3)12(4,5)6/h2-3,7-9H2,1,4-6H3. The zero-order valence-corrected chi connectivity index (χ0v) is 10.0. The molecule has 0 heterocycles. The van der Waals surface area contributed by atoms with E-state index in [-0.39, 0.29) is 0 Å². The van der Waals surface area contributed by atoms with E-state index in [1.165, 1.54) is 23.6 Å². The third-order valence-corrected chi connectivity index (χ3v) is 4.33. The molecule has 0 N–H and O–H groups in total. The van der Waals surface area contributed by atoms with Crippen LogP contribution in [0.4, 0.5) is 0 Å². The highest BCUT2D eigenvalue weighted by Crippen LogP contribution is 2.22. The van der Waals surface area contributed by atoms with Crippen LogP contribution < -0.4 is 0 Å².